The highest BCUT2D eigenvalue weighted by Crippen LogP contribution is 2.34. The van der Waals surface area contributed by atoms with E-state index in [1.807, 2.05) is 0 Å². The van der Waals surface area contributed by atoms with Crippen molar-refractivity contribution < 1.29 is 0 Å². The summed E-state index contributed by atoms with van der Waals surface area (Å²) < 4.78 is 0. The third kappa shape index (κ3) is 3.57. The normalized spacial score (nSPS) is 31.9. The quantitative estimate of drug-likeness (QED) is 0.819. The molecule has 0 aromatic heterocycles. The summed E-state index contributed by atoms with van der Waals surface area (Å²) >= 11 is 0. The van der Waals surface area contributed by atoms with Gasteiger partial charge in [-0.3, -0.25) is 4.90 Å². The van der Waals surface area contributed by atoms with Gasteiger partial charge in [0.1, 0.15) is 0 Å². The molecule has 0 radical (unpaired) electrons. The second-order valence-corrected chi connectivity index (χ2v) is 7.50. The van der Waals surface area contributed by atoms with Crippen molar-refractivity contribution in [2.75, 3.05) is 13.1 Å². The van der Waals surface area contributed by atoms with Crippen LogP contribution in [0.15, 0.2) is 0 Å². The maximum atomic E-state index is 4.00. The molecule has 2 unspecified atom stereocenters. The Morgan fingerprint density at radius 1 is 0.900 bits per heavy atom. The summed E-state index contributed by atoms with van der Waals surface area (Å²) in [6.07, 6.45) is 15.9. The Labute approximate surface area is 125 Å². The van der Waals surface area contributed by atoms with Gasteiger partial charge in [-0.25, -0.2) is 0 Å². The molecule has 2 heteroatoms. The third-order valence-electron chi connectivity index (χ3n) is 6.11. The van der Waals surface area contributed by atoms with Gasteiger partial charge in [0, 0.05) is 24.7 Å². The molecule has 3 rings (SSSR count). The second-order valence-electron chi connectivity index (χ2n) is 7.50. The lowest BCUT2D eigenvalue weighted by Gasteiger charge is -2.45. The van der Waals surface area contributed by atoms with Crippen molar-refractivity contribution in [3.8, 4) is 0 Å². The van der Waals surface area contributed by atoms with Gasteiger partial charge >= 0.3 is 0 Å². The standard InChI is InChI=1S/C18H34N2/c1-2-18(15-8-6-9-15)20-13-7-12-17(14-20)19-16-10-4-3-5-11-16/h15-19H,2-14H2,1H3. The summed E-state index contributed by atoms with van der Waals surface area (Å²) in [5.41, 5.74) is 0. The highest BCUT2D eigenvalue weighted by molar-refractivity contribution is 4.89. The van der Waals surface area contributed by atoms with Crippen molar-refractivity contribution in [2.45, 2.75) is 95.7 Å². The van der Waals surface area contributed by atoms with Crippen molar-refractivity contribution in [2.24, 2.45) is 5.92 Å². The van der Waals surface area contributed by atoms with Gasteiger partial charge in [-0.15, -0.1) is 0 Å². The summed E-state index contributed by atoms with van der Waals surface area (Å²) in [5, 5.41) is 4.00. The molecule has 1 saturated heterocycles. The minimum atomic E-state index is 0.779. The van der Waals surface area contributed by atoms with Crippen LogP contribution in [-0.4, -0.2) is 36.1 Å². The molecule has 116 valence electrons. The van der Waals surface area contributed by atoms with Crippen LogP contribution < -0.4 is 5.32 Å². The maximum absolute atomic E-state index is 4.00. The summed E-state index contributed by atoms with van der Waals surface area (Å²) in [7, 11) is 0. The SMILES string of the molecule is CCC(C1CCC1)N1CCCC(NC2CCCCC2)C1. The fraction of sp³-hybridized carbons (Fsp3) is 1.00. The molecular formula is C18H34N2. The Kier molecular flexibility index (Phi) is 5.39. The number of likely N-dealkylation sites (tertiary alicyclic amines) is 1. The van der Waals surface area contributed by atoms with Crippen molar-refractivity contribution >= 4 is 0 Å². The molecule has 3 aliphatic rings. The van der Waals surface area contributed by atoms with Gasteiger partial charge in [-0.05, 0) is 57.4 Å². The molecule has 0 bridgehead atoms. The van der Waals surface area contributed by atoms with Crippen molar-refractivity contribution in [3.05, 3.63) is 0 Å². The summed E-state index contributed by atoms with van der Waals surface area (Å²) in [6.45, 7) is 5.09. The van der Waals surface area contributed by atoms with E-state index in [9.17, 15) is 0 Å². The first-order valence-corrected chi connectivity index (χ1v) is 9.37. The first-order chi connectivity index (χ1) is 9.86. The second kappa shape index (κ2) is 7.26. The summed E-state index contributed by atoms with van der Waals surface area (Å²) in [4.78, 5) is 2.84. The van der Waals surface area contributed by atoms with Gasteiger partial charge < -0.3 is 5.32 Å². The van der Waals surface area contributed by atoms with Crippen LogP contribution in [0.1, 0.15) is 77.6 Å². The highest BCUT2D eigenvalue weighted by Gasteiger charge is 2.33. The largest absolute Gasteiger partial charge is 0.310 e. The molecule has 0 amide bonds. The van der Waals surface area contributed by atoms with E-state index in [0.29, 0.717) is 0 Å². The highest BCUT2D eigenvalue weighted by atomic mass is 15.2. The number of hydrogen-bond acceptors (Lipinski definition) is 2. The van der Waals surface area contributed by atoms with Crippen molar-refractivity contribution in [1.82, 2.24) is 10.2 Å². The summed E-state index contributed by atoms with van der Waals surface area (Å²) in [6, 6.07) is 2.50. The zero-order chi connectivity index (χ0) is 13.8. The van der Waals surface area contributed by atoms with E-state index < -0.39 is 0 Å². The van der Waals surface area contributed by atoms with Crippen molar-refractivity contribution in [1.29, 1.82) is 0 Å². The van der Waals surface area contributed by atoms with E-state index in [-0.39, 0.29) is 0 Å². The van der Waals surface area contributed by atoms with E-state index in [1.54, 1.807) is 0 Å². The lowest BCUT2D eigenvalue weighted by molar-refractivity contribution is 0.0597. The molecule has 2 atom stereocenters. The van der Waals surface area contributed by atoms with Crippen LogP contribution >= 0.6 is 0 Å². The number of piperidine rings is 1. The Bertz CT molecular complexity index is 281. The molecular weight excluding hydrogens is 244 g/mol. The van der Waals surface area contributed by atoms with E-state index in [1.165, 1.54) is 83.7 Å². The van der Waals surface area contributed by atoms with Gasteiger partial charge in [-0.2, -0.15) is 0 Å². The molecule has 2 aliphatic carbocycles. The van der Waals surface area contributed by atoms with Crippen LogP contribution in [0.5, 0.6) is 0 Å². The zero-order valence-corrected chi connectivity index (χ0v) is 13.4. The average Bonchev–Trinajstić information content (AvgIpc) is 2.44. The molecule has 0 aromatic carbocycles. The Morgan fingerprint density at radius 3 is 2.30 bits per heavy atom. The number of nitrogens with one attached hydrogen (secondary N) is 1. The fourth-order valence-corrected chi connectivity index (χ4v) is 4.76. The number of nitrogens with zero attached hydrogens (tertiary/aromatic N) is 1. The molecule has 3 fully saturated rings. The minimum Gasteiger partial charge on any atom is -0.310 e. The first kappa shape index (κ1) is 14.8. The van der Waals surface area contributed by atoms with Gasteiger partial charge in [0.15, 0.2) is 0 Å². The third-order valence-corrected chi connectivity index (χ3v) is 6.11. The number of hydrogen-bond donors (Lipinski definition) is 1. The zero-order valence-electron chi connectivity index (χ0n) is 13.4. The molecule has 0 aromatic rings. The molecule has 0 spiro atoms. The average molecular weight is 278 g/mol. The van der Waals surface area contributed by atoms with Crippen LogP contribution in [0.4, 0.5) is 0 Å². The summed E-state index contributed by atoms with van der Waals surface area (Å²) in [5.74, 6) is 1.02. The van der Waals surface area contributed by atoms with Crippen molar-refractivity contribution in [3.63, 3.8) is 0 Å². The molecule has 1 aliphatic heterocycles. The molecule has 2 nitrogen and oxygen atoms in total. The van der Waals surface area contributed by atoms with Crippen LogP contribution in [-0.2, 0) is 0 Å². The fourth-order valence-electron chi connectivity index (χ4n) is 4.76. The van der Waals surface area contributed by atoms with Gasteiger partial charge in [0.25, 0.3) is 0 Å². The van der Waals surface area contributed by atoms with E-state index >= 15 is 0 Å². The van der Waals surface area contributed by atoms with E-state index in [2.05, 4.69) is 17.1 Å². The van der Waals surface area contributed by atoms with Gasteiger partial charge in [0.2, 0.25) is 0 Å². The monoisotopic (exact) mass is 278 g/mol. The topological polar surface area (TPSA) is 15.3 Å². The number of rotatable bonds is 5. The van der Waals surface area contributed by atoms with Crippen LogP contribution in [0, 0.1) is 5.92 Å². The lowest BCUT2D eigenvalue weighted by atomic mass is 9.77. The van der Waals surface area contributed by atoms with Crippen LogP contribution in [0.25, 0.3) is 0 Å². The molecule has 20 heavy (non-hydrogen) atoms. The molecule has 1 N–H and O–H groups in total. The Hall–Kier alpha value is -0.0800. The van der Waals surface area contributed by atoms with Crippen LogP contribution in [0.3, 0.4) is 0 Å². The Balaban J connectivity index is 1.49. The van der Waals surface area contributed by atoms with Gasteiger partial charge in [0.05, 0.1) is 0 Å². The lowest BCUT2D eigenvalue weighted by Crippen LogP contribution is -2.54. The molecule has 1 heterocycles. The predicted molar refractivity (Wildman–Crippen MR) is 86.0 cm³/mol. The Morgan fingerprint density at radius 2 is 1.65 bits per heavy atom. The first-order valence-electron chi connectivity index (χ1n) is 9.37. The predicted octanol–water partition coefficient (Wildman–Crippen LogP) is 3.95. The maximum Gasteiger partial charge on any atom is 0.0198 e. The van der Waals surface area contributed by atoms with E-state index in [4.69, 9.17) is 0 Å². The van der Waals surface area contributed by atoms with Crippen LogP contribution in [0.2, 0.25) is 0 Å². The van der Waals surface area contributed by atoms with E-state index in [0.717, 1.165) is 24.0 Å². The minimum absolute atomic E-state index is 0.779. The van der Waals surface area contributed by atoms with Gasteiger partial charge in [-0.1, -0.05) is 32.6 Å². The molecule has 2 saturated carbocycles. The smallest absolute Gasteiger partial charge is 0.0198 e.